The second-order valence-electron chi connectivity index (χ2n) is 8.12. The summed E-state index contributed by atoms with van der Waals surface area (Å²) in [4.78, 5) is 9.25. The lowest BCUT2D eigenvalue weighted by Gasteiger charge is -2.21. The molecule has 0 spiro atoms. The molecule has 0 aliphatic heterocycles. The number of aromatic nitrogens is 4. The maximum absolute atomic E-state index is 14.4. The van der Waals surface area contributed by atoms with Crippen molar-refractivity contribution >= 4 is 27.9 Å². The molecule has 10 heteroatoms. The van der Waals surface area contributed by atoms with Gasteiger partial charge in [-0.05, 0) is 30.7 Å². The molecule has 3 heterocycles. The average Bonchev–Trinajstić information content (AvgIpc) is 3.41. The molecule has 3 aromatic heterocycles. The molecular weight excluding hydrogens is 435 g/mol. The van der Waals surface area contributed by atoms with Crippen LogP contribution in [-0.4, -0.2) is 49.9 Å². The zero-order valence-electron chi connectivity index (χ0n) is 19.2. The van der Waals surface area contributed by atoms with Crippen LogP contribution in [0.1, 0.15) is 18.9 Å². The summed E-state index contributed by atoms with van der Waals surface area (Å²) in [6, 6.07) is 9.42. The monoisotopic (exact) mass is 460 g/mol. The maximum Gasteiger partial charge on any atom is 0.156 e. The number of fused-ring (bicyclic) bond motifs is 3. The van der Waals surface area contributed by atoms with Crippen molar-refractivity contribution in [2.24, 2.45) is 7.05 Å². The lowest BCUT2D eigenvalue weighted by atomic mass is 10.1. The fraction of sp³-hybridized carbons (Fsp3) is 0.333. The maximum atomic E-state index is 14.4. The SMILES string of the molecule is CC[C@@H](CO)NC(C#N)Cn1c(-c2cc(F)cc(C#N)c2)cc2c3c(ncn3C)c(NC)nc21. The largest absolute Gasteiger partial charge is 0.395 e. The fourth-order valence-corrected chi connectivity index (χ4v) is 4.21. The summed E-state index contributed by atoms with van der Waals surface area (Å²) in [5.41, 5.74) is 3.45. The number of nitriles is 2. The number of nitrogens with one attached hydrogen (secondary N) is 2. The van der Waals surface area contributed by atoms with Gasteiger partial charge in [0.25, 0.3) is 0 Å². The Morgan fingerprint density at radius 2 is 2.03 bits per heavy atom. The van der Waals surface area contributed by atoms with E-state index in [0.717, 1.165) is 10.9 Å². The summed E-state index contributed by atoms with van der Waals surface area (Å²) in [5.74, 6) is 0.0518. The van der Waals surface area contributed by atoms with Gasteiger partial charge in [-0.1, -0.05) is 6.92 Å². The van der Waals surface area contributed by atoms with Gasteiger partial charge in [-0.3, -0.25) is 5.32 Å². The summed E-state index contributed by atoms with van der Waals surface area (Å²) < 4.78 is 18.1. The highest BCUT2D eigenvalue weighted by molar-refractivity contribution is 6.07. The molecule has 0 aliphatic rings. The van der Waals surface area contributed by atoms with Crippen LogP contribution in [0.3, 0.4) is 0 Å². The minimum atomic E-state index is -0.641. The highest BCUT2D eigenvalue weighted by Crippen LogP contribution is 2.35. The molecule has 0 saturated carbocycles. The average molecular weight is 461 g/mol. The number of pyridine rings is 1. The van der Waals surface area contributed by atoms with Gasteiger partial charge in [0.1, 0.15) is 23.0 Å². The molecule has 0 amide bonds. The summed E-state index contributed by atoms with van der Waals surface area (Å²) in [5, 5.41) is 35.9. The number of anilines is 1. The molecule has 0 aliphatic carbocycles. The van der Waals surface area contributed by atoms with Gasteiger partial charge in [0, 0.05) is 31.1 Å². The Balaban J connectivity index is 1.99. The van der Waals surface area contributed by atoms with Gasteiger partial charge >= 0.3 is 0 Å². The zero-order chi connectivity index (χ0) is 24.4. The standard InChI is InChI=1S/C24H25FN8O/c1-4-17(12-34)30-18(10-27)11-33-20(15-5-14(9-26)6-16(25)7-15)8-19-22-21(29-13-32(22)3)23(28-2)31-24(19)33/h5-8,13,17-18,30,34H,4,11-12H2,1-3H3,(H,28,31)/t17-,18?/m0/s1. The Morgan fingerprint density at radius 3 is 2.68 bits per heavy atom. The highest BCUT2D eigenvalue weighted by atomic mass is 19.1. The van der Waals surface area contributed by atoms with Crippen LogP contribution in [-0.2, 0) is 13.6 Å². The molecule has 0 bridgehead atoms. The first-order chi connectivity index (χ1) is 16.4. The minimum absolute atomic E-state index is 0.0960. The molecule has 2 atom stereocenters. The molecule has 4 aromatic rings. The van der Waals surface area contributed by atoms with Crippen LogP contribution in [0.5, 0.6) is 0 Å². The first-order valence-corrected chi connectivity index (χ1v) is 10.9. The van der Waals surface area contributed by atoms with Gasteiger partial charge in [0.2, 0.25) is 0 Å². The number of hydrogen-bond acceptors (Lipinski definition) is 7. The van der Waals surface area contributed by atoms with Crippen molar-refractivity contribution in [2.45, 2.75) is 32.0 Å². The van der Waals surface area contributed by atoms with Crippen molar-refractivity contribution in [1.29, 1.82) is 10.5 Å². The number of benzene rings is 1. The second-order valence-corrected chi connectivity index (χ2v) is 8.12. The third-order valence-corrected chi connectivity index (χ3v) is 5.93. The number of aryl methyl sites for hydroxylation is 1. The highest BCUT2D eigenvalue weighted by Gasteiger charge is 2.23. The summed E-state index contributed by atoms with van der Waals surface area (Å²) >= 11 is 0. The Hall–Kier alpha value is -3.99. The molecule has 3 N–H and O–H groups in total. The number of hydrogen-bond donors (Lipinski definition) is 3. The van der Waals surface area contributed by atoms with Crippen LogP contribution in [0.2, 0.25) is 0 Å². The van der Waals surface area contributed by atoms with Crippen LogP contribution in [0.25, 0.3) is 33.3 Å². The second kappa shape index (κ2) is 9.48. The number of halogens is 1. The topological polar surface area (TPSA) is 128 Å². The van der Waals surface area contributed by atoms with Gasteiger partial charge < -0.3 is 19.6 Å². The van der Waals surface area contributed by atoms with Crippen LogP contribution >= 0.6 is 0 Å². The van der Waals surface area contributed by atoms with E-state index in [1.54, 1.807) is 19.4 Å². The molecule has 1 aromatic carbocycles. The Labute approximate surface area is 196 Å². The molecule has 4 rings (SSSR count). The first-order valence-electron chi connectivity index (χ1n) is 10.9. The van der Waals surface area contributed by atoms with Crippen molar-refractivity contribution < 1.29 is 9.50 Å². The molecule has 1 unspecified atom stereocenters. The first kappa shape index (κ1) is 23.2. The number of rotatable bonds is 8. The summed E-state index contributed by atoms with van der Waals surface area (Å²) in [6.45, 7) is 2.03. The molecule has 9 nitrogen and oxygen atoms in total. The predicted octanol–water partition coefficient (Wildman–Crippen LogP) is 2.90. The zero-order valence-corrected chi connectivity index (χ0v) is 19.2. The fourth-order valence-electron chi connectivity index (χ4n) is 4.21. The van der Waals surface area contributed by atoms with Gasteiger partial charge in [0.05, 0.1) is 48.4 Å². The van der Waals surface area contributed by atoms with E-state index in [1.165, 1.54) is 12.1 Å². The van der Waals surface area contributed by atoms with Crippen LogP contribution in [0.4, 0.5) is 10.2 Å². The van der Waals surface area contributed by atoms with Crippen molar-refractivity contribution in [3.63, 3.8) is 0 Å². The van der Waals surface area contributed by atoms with Crippen molar-refractivity contribution in [3.05, 3.63) is 42.0 Å². The predicted molar refractivity (Wildman–Crippen MR) is 127 cm³/mol. The summed E-state index contributed by atoms with van der Waals surface area (Å²) in [6.07, 6.45) is 2.35. The third kappa shape index (κ3) is 4.05. The Bertz CT molecular complexity index is 1440. The van der Waals surface area contributed by atoms with E-state index in [9.17, 15) is 20.0 Å². The van der Waals surface area contributed by atoms with E-state index in [0.29, 0.717) is 34.7 Å². The van der Waals surface area contributed by atoms with Crippen molar-refractivity contribution in [1.82, 2.24) is 24.4 Å². The van der Waals surface area contributed by atoms with Crippen molar-refractivity contribution in [3.8, 4) is 23.4 Å². The van der Waals surface area contributed by atoms with E-state index in [2.05, 4.69) is 21.7 Å². The molecule has 34 heavy (non-hydrogen) atoms. The normalized spacial score (nSPS) is 13.0. The van der Waals surface area contributed by atoms with E-state index < -0.39 is 11.9 Å². The molecule has 0 fully saturated rings. The molecule has 0 radical (unpaired) electrons. The van der Waals surface area contributed by atoms with E-state index in [4.69, 9.17) is 4.98 Å². The van der Waals surface area contributed by atoms with E-state index >= 15 is 0 Å². The third-order valence-electron chi connectivity index (χ3n) is 5.93. The van der Waals surface area contributed by atoms with Gasteiger partial charge in [-0.2, -0.15) is 10.5 Å². The van der Waals surface area contributed by atoms with Crippen LogP contribution < -0.4 is 10.6 Å². The van der Waals surface area contributed by atoms with E-state index in [1.807, 2.05) is 35.2 Å². The van der Waals surface area contributed by atoms with Gasteiger partial charge in [-0.25, -0.2) is 14.4 Å². The van der Waals surface area contributed by atoms with Gasteiger partial charge in [-0.15, -0.1) is 0 Å². The number of aliphatic hydroxyl groups excluding tert-OH is 1. The van der Waals surface area contributed by atoms with Crippen LogP contribution in [0, 0.1) is 28.5 Å². The van der Waals surface area contributed by atoms with Crippen molar-refractivity contribution in [2.75, 3.05) is 19.0 Å². The smallest absolute Gasteiger partial charge is 0.156 e. The number of nitrogens with zero attached hydrogens (tertiary/aromatic N) is 6. The molecule has 174 valence electrons. The Kier molecular flexibility index (Phi) is 6.46. The number of aliphatic hydroxyl groups is 1. The molecule has 0 saturated heterocycles. The number of imidazole rings is 1. The molecular formula is C24H25FN8O. The van der Waals surface area contributed by atoms with Crippen LogP contribution in [0.15, 0.2) is 30.6 Å². The lowest BCUT2D eigenvalue weighted by molar-refractivity contribution is 0.231. The summed E-state index contributed by atoms with van der Waals surface area (Å²) in [7, 11) is 3.64. The van der Waals surface area contributed by atoms with Gasteiger partial charge in [0.15, 0.2) is 5.82 Å². The quantitative estimate of drug-likeness (QED) is 0.369. The lowest BCUT2D eigenvalue weighted by Crippen LogP contribution is -2.41. The Morgan fingerprint density at radius 1 is 1.24 bits per heavy atom. The van der Waals surface area contributed by atoms with E-state index in [-0.39, 0.29) is 24.8 Å². The minimum Gasteiger partial charge on any atom is -0.395 e.